The third kappa shape index (κ3) is 2.94. The van der Waals surface area contributed by atoms with Gasteiger partial charge in [0.15, 0.2) is 0 Å². The van der Waals surface area contributed by atoms with Crippen molar-refractivity contribution in [1.82, 2.24) is 9.88 Å². The summed E-state index contributed by atoms with van der Waals surface area (Å²) in [4.78, 5) is 7.25. The lowest BCUT2D eigenvalue weighted by Gasteiger charge is -2.44. The van der Waals surface area contributed by atoms with Crippen LogP contribution in [0, 0.1) is 0 Å². The zero-order valence-corrected chi connectivity index (χ0v) is 14.7. The third-order valence-corrected chi connectivity index (χ3v) is 5.51. The first kappa shape index (κ1) is 15.7. The summed E-state index contributed by atoms with van der Waals surface area (Å²) >= 11 is 0. The predicted octanol–water partition coefficient (Wildman–Crippen LogP) is 4.29. The van der Waals surface area contributed by atoms with E-state index < -0.39 is 0 Å². The molecule has 0 radical (unpaired) electrons. The number of rotatable bonds is 3. The maximum absolute atomic E-state index is 5.86. The van der Waals surface area contributed by atoms with E-state index in [0.29, 0.717) is 12.1 Å². The summed E-state index contributed by atoms with van der Waals surface area (Å²) < 4.78 is 5.86. The number of hydrogen-bond donors (Lipinski definition) is 0. The van der Waals surface area contributed by atoms with Gasteiger partial charge in [-0.1, -0.05) is 54.6 Å². The Balaban J connectivity index is 1.46. The van der Waals surface area contributed by atoms with Gasteiger partial charge in [0.25, 0.3) is 0 Å². The van der Waals surface area contributed by atoms with Crippen molar-refractivity contribution < 1.29 is 4.74 Å². The van der Waals surface area contributed by atoms with Gasteiger partial charge in [0.1, 0.15) is 0 Å². The Morgan fingerprint density at radius 2 is 1.85 bits per heavy atom. The number of fused-ring (bicyclic) bond motifs is 3. The van der Waals surface area contributed by atoms with Gasteiger partial charge in [0.05, 0.1) is 24.8 Å². The summed E-state index contributed by atoms with van der Waals surface area (Å²) in [5.74, 6) is 0. The molecular formula is C23H22N2O. The molecule has 3 aromatic rings. The Morgan fingerprint density at radius 1 is 1.00 bits per heavy atom. The SMILES string of the molecule is C1=C(c2cnc3ccccc3c2)CC2COCC1N2Cc1ccccc1. The second-order valence-corrected chi connectivity index (χ2v) is 7.23. The summed E-state index contributed by atoms with van der Waals surface area (Å²) in [7, 11) is 0. The Labute approximate surface area is 153 Å². The van der Waals surface area contributed by atoms with Crippen molar-refractivity contribution in [1.29, 1.82) is 0 Å². The molecule has 2 aromatic carbocycles. The molecular weight excluding hydrogens is 320 g/mol. The van der Waals surface area contributed by atoms with Gasteiger partial charge in [-0.25, -0.2) is 0 Å². The number of pyridine rings is 1. The minimum atomic E-state index is 0.337. The summed E-state index contributed by atoms with van der Waals surface area (Å²) in [6.45, 7) is 2.56. The van der Waals surface area contributed by atoms with Gasteiger partial charge in [0.2, 0.25) is 0 Å². The molecule has 130 valence electrons. The second-order valence-electron chi connectivity index (χ2n) is 7.23. The van der Waals surface area contributed by atoms with Crippen LogP contribution in [0.15, 0.2) is 72.9 Å². The van der Waals surface area contributed by atoms with Gasteiger partial charge in [-0.2, -0.15) is 0 Å². The highest BCUT2D eigenvalue weighted by atomic mass is 16.5. The number of hydrogen-bond acceptors (Lipinski definition) is 3. The van der Waals surface area contributed by atoms with Crippen LogP contribution in [-0.2, 0) is 11.3 Å². The lowest BCUT2D eigenvalue weighted by molar-refractivity contribution is -0.0402. The largest absolute Gasteiger partial charge is 0.378 e. The monoisotopic (exact) mass is 342 g/mol. The van der Waals surface area contributed by atoms with Crippen LogP contribution >= 0.6 is 0 Å². The molecule has 1 saturated heterocycles. The maximum atomic E-state index is 5.86. The standard InChI is InChI=1S/C23H22N2O/c1-2-6-17(7-3-1)14-25-21-11-19(12-22(25)16-26-15-21)20-10-18-8-4-5-9-23(18)24-13-20/h1-11,13,21-22H,12,14-16H2. The molecule has 1 aromatic heterocycles. The van der Waals surface area contributed by atoms with E-state index >= 15 is 0 Å². The highest BCUT2D eigenvalue weighted by molar-refractivity contribution is 5.82. The van der Waals surface area contributed by atoms with Crippen LogP contribution in [0.1, 0.15) is 17.5 Å². The number of benzene rings is 2. The number of aromatic nitrogens is 1. The molecule has 0 amide bonds. The number of nitrogens with zero attached hydrogens (tertiary/aromatic N) is 2. The van der Waals surface area contributed by atoms with Gasteiger partial charge in [-0.15, -0.1) is 0 Å². The van der Waals surface area contributed by atoms with Crippen LogP contribution in [0.25, 0.3) is 16.5 Å². The Morgan fingerprint density at radius 3 is 2.73 bits per heavy atom. The van der Waals surface area contributed by atoms with E-state index in [1.165, 1.54) is 22.1 Å². The van der Waals surface area contributed by atoms with Crippen LogP contribution in [0.5, 0.6) is 0 Å². The normalized spacial score (nSPS) is 23.0. The third-order valence-electron chi connectivity index (χ3n) is 5.51. The van der Waals surface area contributed by atoms with E-state index in [0.717, 1.165) is 31.7 Å². The zero-order chi connectivity index (χ0) is 17.3. The van der Waals surface area contributed by atoms with Crippen LogP contribution in [0.4, 0.5) is 0 Å². The number of morpholine rings is 1. The molecule has 0 aliphatic carbocycles. The molecule has 0 spiro atoms. The summed E-state index contributed by atoms with van der Waals surface area (Å²) in [6, 6.07) is 22.1. The zero-order valence-electron chi connectivity index (χ0n) is 14.7. The van der Waals surface area contributed by atoms with E-state index in [-0.39, 0.29) is 0 Å². The minimum Gasteiger partial charge on any atom is -0.378 e. The van der Waals surface area contributed by atoms with Crippen LogP contribution < -0.4 is 0 Å². The molecule has 2 unspecified atom stereocenters. The fourth-order valence-corrected chi connectivity index (χ4v) is 4.16. The fraction of sp³-hybridized carbons (Fsp3) is 0.261. The van der Waals surface area contributed by atoms with Crippen molar-refractivity contribution in [2.24, 2.45) is 0 Å². The quantitative estimate of drug-likeness (QED) is 0.710. The van der Waals surface area contributed by atoms with Crippen LogP contribution in [-0.4, -0.2) is 35.2 Å². The lowest BCUT2D eigenvalue weighted by Crippen LogP contribution is -2.53. The number of ether oxygens (including phenoxy) is 1. The van der Waals surface area contributed by atoms with E-state index in [1.54, 1.807) is 0 Å². The molecule has 2 atom stereocenters. The van der Waals surface area contributed by atoms with Crippen LogP contribution in [0.3, 0.4) is 0 Å². The first-order valence-electron chi connectivity index (χ1n) is 9.30. The molecule has 26 heavy (non-hydrogen) atoms. The minimum absolute atomic E-state index is 0.337. The van der Waals surface area contributed by atoms with Gasteiger partial charge >= 0.3 is 0 Å². The Hall–Kier alpha value is -2.49. The number of para-hydroxylation sites is 1. The molecule has 3 heterocycles. The predicted molar refractivity (Wildman–Crippen MR) is 105 cm³/mol. The molecule has 1 fully saturated rings. The molecule has 5 rings (SSSR count). The highest BCUT2D eigenvalue weighted by Gasteiger charge is 2.34. The molecule has 2 aliphatic heterocycles. The van der Waals surface area contributed by atoms with Gasteiger partial charge in [-0.3, -0.25) is 9.88 Å². The molecule has 3 heteroatoms. The first-order chi connectivity index (χ1) is 12.9. The highest BCUT2D eigenvalue weighted by Crippen LogP contribution is 2.34. The van der Waals surface area contributed by atoms with E-state index in [4.69, 9.17) is 4.74 Å². The van der Waals surface area contributed by atoms with Gasteiger partial charge in [-0.05, 0) is 35.3 Å². The van der Waals surface area contributed by atoms with E-state index in [2.05, 4.69) is 70.6 Å². The average Bonchev–Trinajstić information content (AvgIpc) is 2.68. The van der Waals surface area contributed by atoms with Crippen molar-refractivity contribution in [2.75, 3.05) is 13.2 Å². The Kier molecular flexibility index (Phi) is 4.04. The molecule has 3 nitrogen and oxygen atoms in total. The fourth-order valence-electron chi connectivity index (χ4n) is 4.16. The second kappa shape index (κ2) is 6.67. The van der Waals surface area contributed by atoms with Gasteiger partial charge in [0, 0.05) is 24.2 Å². The first-order valence-corrected chi connectivity index (χ1v) is 9.30. The lowest BCUT2D eigenvalue weighted by atomic mass is 9.89. The maximum Gasteiger partial charge on any atom is 0.0702 e. The van der Waals surface area contributed by atoms with Gasteiger partial charge < -0.3 is 4.74 Å². The van der Waals surface area contributed by atoms with Crippen molar-refractivity contribution in [2.45, 2.75) is 25.0 Å². The summed E-state index contributed by atoms with van der Waals surface area (Å²) in [6.07, 6.45) is 5.44. The van der Waals surface area contributed by atoms with Crippen molar-refractivity contribution in [3.8, 4) is 0 Å². The molecule has 2 aliphatic rings. The summed E-state index contributed by atoms with van der Waals surface area (Å²) in [5, 5.41) is 1.21. The molecule has 2 bridgehead atoms. The summed E-state index contributed by atoms with van der Waals surface area (Å²) in [5.41, 5.74) is 5.08. The van der Waals surface area contributed by atoms with E-state index in [1.807, 2.05) is 12.3 Å². The van der Waals surface area contributed by atoms with Crippen molar-refractivity contribution in [3.05, 3.63) is 84.1 Å². The Bertz CT molecular complexity index is 951. The molecule has 0 N–H and O–H groups in total. The average molecular weight is 342 g/mol. The smallest absolute Gasteiger partial charge is 0.0702 e. The van der Waals surface area contributed by atoms with Crippen molar-refractivity contribution in [3.63, 3.8) is 0 Å². The van der Waals surface area contributed by atoms with E-state index in [9.17, 15) is 0 Å². The topological polar surface area (TPSA) is 25.4 Å². The molecule has 0 saturated carbocycles. The van der Waals surface area contributed by atoms with Crippen LogP contribution in [0.2, 0.25) is 0 Å². The van der Waals surface area contributed by atoms with Crippen molar-refractivity contribution >= 4 is 16.5 Å².